The third kappa shape index (κ3) is 12.4. The van der Waals surface area contributed by atoms with Crippen LogP contribution in [0.15, 0.2) is 43.0 Å². The number of hydrogen-bond donors (Lipinski definition) is 3. The van der Waals surface area contributed by atoms with E-state index in [4.69, 9.17) is 9.47 Å². The summed E-state index contributed by atoms with van der Waals surface area (Å²) >= 11 is 0. The van der Waals surface area contributed by atoms with Gasteiger partial charge in [-0.2, -0.15) is 0 Å². The Kier molecular flexibility index (Phi) is 15.7. The van der Waals surface area contributed by atoms with Gasteiger partial charge >= 0.3 is 11.9 Å². The number of carboxylic acid groups (broad SMARTS) is 1. The second-order valence-electron chi connectivity index (χ2n) is 21.3. The van der Waals surface area contributed by atoms with Crippen LogP contribution in [0.25, 0.3) is 0 Å². The summed E-state index contributed by atoms with van der Waals surface area (Å²) in [4.78, 5) is 27.4. The standard InChI is InChI=1S/C46H78O7/c1-17-38(48)52-29-31-23-24-37(36(47)25-31)53-40(51)35(46(15,16)44(11,12)28-34(39(49)50)42(6,7)8)27-43(9,10)30(2)45(13,14)33(26-41(3,4)5)32-21-19-18-20-22-32/h17-22,30-31,33-38,47-48H,1,23-29H2,2-16H3,(H,49,50). The van der Waals surface area contributed by atoms with Crippen molar-refractivity contribution in [3.05, 3.63) is 48.6 Å². The molecule has 0 amide bonds. The SMILES string of the molecule is C=CC(O)OCC1CCC(OC(=O)C(CC(C)(C)C(C)C(C)(C)C(CC(C)(C)C)c2ccccc2)C(C)(C)C(C)(C)CC(C(=O)O)C(C)(C)C)C(O)C1. The van der Waals surface area contributed by atoms with Crippen LogP contribution in [-0.2, 0) is 19.1 Å². The first-order chi connectivity index (χ1) is 24.0. The molecule has 0 saturated heterocycles. The largest absolute Gasteiger partial charge is 0.481 e. The molecule has 2 rings (SSSR count). The summed E-state index contributed by atoms with van der Waals surface area (Å²) in [5, 5.41) is 31.4. The topological polar surface area (TPSA) is 113 Å². The number of esters is 1. The zero-order valence-electron chi connectivity index (χ0n) is 36.2. The van der Waals surface area contributed by atoms with Crippen LogP contribution >= 0.6 is 0 Å². The predicted octanol–water partition coefficient (Wildman–Crippen LogP) is 10.7. The van der Waals surface area contributed by atoms with Crippen molar-refractivity contribution in [1.29, 1.82) is 0 Å². The van der Waals surface area contributed by atoms with Gasteiger partial charge in [-0.25, -0.2) is 0 Å². The minimum absolute atomic E-state index is 0.0266. The first-order valence-electron chi connectivity index (χ1n) is 20.1. The molecule has 1 aliphatic carbocycles. The summed E-state index contributed by atoms with van der Waals surface area (Å²) in [7, 11) is 0. The Morgan fingerprint density at radius 3 is 1.91 bits per heavy atom. The Hall–Kier alpha value is -2.22. The number of carbonyl (C=O) groups excluding carboxylic acids is 1. The lowest BCUT2D eigenvalue weighted by atomic mass is 9.51. The molecular weight excluding hydrogens is 664 g/mol. The fourth-order valence-electron chi connectivity index (χ4n) is 8.79. The van der Waals surface area contributed by atoms with Gasteiger partial charge in [0.25, 0.3) is 0 Å². The molecule has 1 aromatic rings. The molecule has 7 nitrogen and oxygen atoms in total. The average molecular weight is 743 g/mol. The number of benzene rings is 1. The third-order valence-corrected chi connectivity index (χ3v) is 13.7. The van der Waals surface area contributed by atoms with E-state index in [1.807, 2.05) is 20.8 Å². The van der Waals surface area contributed by atoms with Crippen molar-refractivity contribution in [3.8, 4) is 0 Å². The molecule has 8 atom stereocenters. The summed E-state index contributed by atoms with van der Waals surface area (Å²) in [5.41, 5.74) is -0.773. The highest BCUT2D eigenvalue weighted by Crippen LogP contribution is 2.58. The van der Waals surface area contributed by atoms with Crippen molar-refractivity contribution in [3.63, 3.8) is 0 Å². The molecule has 0 heterocycles. The van der Waals surface area contributed by atoms with Crippen LogP contribution in [0.1, 0.15) is 154 Å². The molecular formula is C46H78O7. The number of hydrogen-bond acceptors (Lipinski definition) is 6. The Morgan fingerprint density at radius 1 is 0.868 bits per heavy atom. The molecule has 1 fully saturated rings. The van der Waals surface area contributed by atoms with Gasteiger partial charge in [0, 0.05) is 0 Å². The zero-order valence-corrected chi connectivity index (χ0v) is 36.2. The van der Waals surface area contributed by atoms with E-state index in [2.05, 4.69) is 120 Å². The van der Waals surface area contributed by atoms with E-state index in [9.17, 15) is 24.9 Å². The van der Waals surface area contributed by atoms with Gasteiger partial charge in [-0.05, 0) is 100 Å². The van der Waals surface area contributed by atoms with Gasteiger partial charge in [0.15, 0.2) is 6.29 Å². The summed E-state index contributed by atoms with van der Waals surface area (Å²) in [5.74, 6) is -1.87. The lowest BCUT2D eigenvalue weighted by molar-refractivity contribution is -0.177. The van der Waals surface area contributed by atoms with Crippen molar-refractivity contribution in [2.75, 3.05) is 6.61 Å². The maximum absolute atomic E-state index is 14.8. The van der Waals surface area contributed by atoms with E-state index >= 15 is 0 Å². The Balaban J connectivity index is 2.56. The monoisotopic (exact) mass is 743 g/mol. The van der Waals surface area contributed by atoms with E-state index in [1.54, 1.807) is 0 Å². The number of aliphatic carboxylic acids is 1. The molecule has 0 aliphatic heterocycles. The van der Waals surface area contributed by atoms with Crippen molar-refractivity contribution in [2.24, 2.45) is 56.2 Å². The molecule has 304 valence electrons. The fourth-order valence-corrected chi connectivity index (χ4v) is 8.79. The van der Waals surface area contributed by atoms with Crippen LogP contribution in [0.3, 0.4) is 0 Å². The lowest BCUT2D eigenvalue weighted by Crippen LogP contribution is -2.50. The van der Waals surface area contributed by atoms with Gasteiger partial charge in [-0.1, -0.05) is 141 Å². The molecule has 1 aromatic carbocycles. The summed E-state index contributed by atoms with van der Waals surface area (Å²) in [6.45, 7) is 36.7. The predicted molar refractivity (Wildman–Crippen MR) is 216 cm³/mol. The average Bonchev–Trinajstić information content (AvgIpc) is 3.03. The van der Waals surface area contributed by atoms with Crippen LogP contribution in [0.5, 0.6) is 0 Å². The molecule has 0 spiro atoms. The van der Waals surface area contributed by atoms with Crippen LogP contribution < -0.4 is 0 Å². The van der Waals surface area contributed by atoms with Crippen molar-refractivity contribution < 1.29 is 34.4 Å². The lowest BCUT2D eigenvalue weighted by Gasteiger charge is -2.53. The highest BCUT2D eigenvalue weighted by Gasteiger charge is 2.54. The summed E-state index contributed by atoms with van der Waals surface area (Å²) < 4.78 is 11.8. The molecule has 1 aliphatic rings. The van der Waals surface area contributed by atoms with E-state index in [-0.39, 0.29) is 46.6 Å². The molecule has 1 saturated carbocycles. The molecule has 0 radical (unpaired) electrons. The maximum atomic E-state index is 14.8. The van der Waals surface area contributed by atoms with E-state index < -0.39 is 52.5 Å². The minimum Gasteiger partial charge on any atom is -0.481 e. The second kappa shape index (κ2) is 17.7. The van der Waals surface area contributed by atoms with Crippen molar-refractivity contribution in [2.45, 2.75) is 167 Å². The molecule has 0 aromatic heterocycles. The fraction of sp³-hybridized carbons (Fsp3) is 0.783. The first kappa shape index (κ1) is 46.9. The Labute approximate surface area is 323 Å². The number of aliphatic hydroxyl groups is 2. The van der Waals surface area contributed by atoms with Gasteiger partial charge < -0.3 is 24.8 Å². The van der Waals surface area contributed by atoms with Crippen LogP contribution in [0, 0.1) is 56.2 Å². The molecule has 0 bridgehead atoms. The molecule has 53 heavy (non-hydrogen) atoms. The minimum atomic E-state index is -1.06. The molecule has 8 unspecified atom stereocenters. The number of rotatable bonds is 18. The first-order valence-corrected chi connectivity index (χ1v) is 20.1. The highest BCUT2D eigenvalue weighted by molar-refractivity contribution is 5.74. The quantitative estimate of drug-likeness (QED) is 0.0779. The van der Waals surface area contributed by atoms with Crippen LogP contribution in [-0.4, -0.2) is 52.4 Å². The number of aliphatic hydroxyl groups excluding tert-OH is 2. The number of carbonyl (C=O) groups is 2. The number of ether oxygens (including phenoxy) is 2. The second-order valence-corrected chi connectivity index (χ2v) is 21.3. The van der Waals surface area contributed by atoms with Gasteiger partial charge in [-0.3, -0.25) is 9.59 Å². The van der Waals surface area contributed by atoms with E-state index in [0.717, 1.165) is 6.42 Å². The molecule has 3 N–H and O–H groups in total. The Morgan fingerprint density at radius 2 is 1.43 bits per heavy atom. The summed E-state index contributed by atoms with van der Waals surface area (Å²) in [6.07, 6.45) is 2.29. The van der Waals surface area contributed by atoms with Gasteiger partial charge in [0.05, 0.1) is 24.5 Å². The van der Waals surface area contributed by atoms with Crippen molar-refractivity contribution in [1.82, 2.24) is 0 Å². The van der Waals surface area contributed by atoms with Gasteiger partial charge in [0.1, 0.15) is 6.10 Å². The zero-order chi connectivity index (χ0) is 41.0. The normalized spacial score (nSPS) is 22.3. The summed E-state index contributed by atoms with van der Waals surface area (Å²) in [6, 6.07) is 10.8. The third-order valence-electron chi connectivity index (χ3n) is 13.7. The van der Waals surface area contributed by atoms with Gasteiger partial charge in [0.2, 0.25) is 0 Å². The van der Waals surface area contributed by atoms with E-state index in [0.29, 0.717) is 32.1 Å². The van der Waals surface area contributed by atoms with Crippen LogP contribution in [0.4, 0.5) is 0 Å². The number of carboxylic acids is 1. The molecule has 7 heteroatoms. The van der Waals surface area contributed by atoms with Gasteiger partial charge in [-0.15, -0.1) is 0 Å². The highest BCUT2D eigenvalue weighted by atomic mass is 16.6. The van der Waals surface area contributed by atoms with E-state index in [1.165, 1.54) is 11.6 Å². The smallest absolute Gasteiger partial charge is 0.309 e. The van der Waals surface area contributed by atoms with Crippen molar-refractivity contribution >= 4 is 11.9 Å². The maximum Gasteiger partial charge on any atom is 0.309 e. The Bertz CT molecular complexity index is 1330. The van der Waals surface area contributed by atoms with Crippen LogP contribution in [0.2, 0.25) is 0 Å².